The summed E-state index contributed by atoms with van der Waals surface area (Å²) in [5, 5.41) is 13.4. The Morgan fingerprint density at radius 3 is 0.905 bits per heavy atom. The normalized spacial score (nSPS) is 16.9. The summed E-state index contributed by atoms with van der Waals surface area (Å²) in [4.78, 5) is 17.1. The van der Waals surface area contributed by atoms with Gasteiger partial charge in [0.25, 0.3) is 0 Å². The molecule has 8 rings (SSSR count). The van der Waals surface area contributed by atoms with Gasteiger partial charge in [0, 0.05) is 70.8 Å². The van der Waals surface area contributed by atoms with Gasteiger partial charge in [-0.3, -0.25) is 0 Å². The molecule has 0 saturated carbocycles. The van der Waals surface area contributed by atoms with Crippen LogP contribution in [-0.4, -0.2) is 78.1 Å². The zero-order valence-electron chi connectivity index (χ0n) is 35.7. The summed E-state index contributed by atoms with van der Waals surface area (Å²) in [6, 6.07) is 46.8. The number of benzene rings is 6. The first kappa shape index (κ1) is 43.6. The Balaban J connectivity index is 0.000000236. The van der Waals surface area contributed by atoms with E-state index in [9.17, 15) is 0 Å². The Morgan fingerprint density at radius 1 is 0.349 bits per heavy atom. The van der Waals surface area contributed by atoms with E-state index in [2.05, 4.69) is 15.5 Å². The molecule has 0 unspecified atom stereocenters. The van der Waals surface area contributed by atoms with Gasteiger partial charge in [-0.1, -0.05) is 106 Å². The minimum atomic E-state index is 0.352. The number of ether oxygens (including phenoxy) is 6. The molecule has 324 valence electrons. The van der Waals surface area contributed by atoms with Crippen LogP contribution in [0.5, 0.6) is 34.5 Å². The summed E-state index contributed by atoms with van der Waals surface area (Å²) in [6.07, 6.45) is 1.99. The fourth-order valence-corrected chi connectivity index (χ4v) is 6.64. The first-order valence-corrected chi connectivity index (χ1v) is 20.8. The van der Waals surface area contributed by atoms with Gasteiger partial charge in [-0.2, -0.15) is 0 Å². The third-order valence-electron chi connectivity index (χ3n) is 9.85. The fourth-order valence-electron chi connectivity index (χ4n) is 6.64. The largest absolute Gasteiger partial charge is 0.497 e. The molecule has 2 heterocycles. The van der Waals surface area contributed by atoms with Crippen molar-refractivity contribution in [2.24, 2.45) is 15.5 Å². The highest BCUT2D eigenvalue weighted by Crippen LogP contribution is 2.31. The summed E-state index contributed by atoms with van der Waals surface area (Å²) in [7, 11) is 4.90. The quantitative estimate of drug-likeness (QED) is 0.161. The Bertz CT molecular complexity index is 2350. The molecule has 12 heteroatoms. The maximum Gasteiger partial charge on any atom is 0.132 e. The lowest BCUT2D eigenvalue weighted by atomic mass is 10.0. The fraction of sp³-hybridized carbons (Fsp3) is 0.235. The highest BCUT2D eigenvalue weighted by molar-refractivity contribution is 6.15. The molecular weight excluding hydrogens is 799 g/mol. The molecule has 63 heavy (non-hydrogen) atoms. The third-order valence-corrected chi connectivity index (χ3v) is 9.85. The van der Waals surface area contributed by atoms with Gasteiger partial charge in [0.2, 0.25) is 0 Å². The molecule has 0 saturated heterocycles. The van der Waals surface area contributed by atoms with Gasteiger partial charge in [-0.05, 0) is 36.4 Å². The van der Waals surface area contributed by atoms with Gasteiger partial charge in [0.1, 0.15) is 71.5 Å². The lowest BCUT2D eigenvalue weighted by molar-refractivity contribution is 0.125. The van der Waals surface area contributed by atoms with Crippen molar-refractivity contribution in [3.8, 4) is 34.5 Å². The van der Waals surface area contributed by atoms with Gasteiger partial charge < -0.3 is 42.9 Å². The molecule has 0 amide bonds. The van der Waals surface area contributed by atoms with Crippen LogP contribution in [0.2, 0.25) is 0 Å². The molecule has 6 aromatic rings. The van der Waals surface area contributed by atoms with Crippen molar-refractivity contribution in [3.63, 3.8) is 0 Å². The molecule has 2 aliphatic rings. The zero-order chi connectivity index (χ0) is 43.5. The van der Waals surface area contributed by atoms with E-state index in [4.69, 9.17) is 42.9 Å². The van der Waals surface area contributed by atoms with Crippen LogP contribution >= 0.6 is 0 Å². The zero-order valence-corrected chi connectivity index (χ0v) is 35.7. The Hall–Kier alpha value is -7.47. The molecule has 0 atom stereocenters. The maximum absolute atomic E-state index is 6.24. The van der Waals surface area contributed by atoms with Gasteiger partial charge in [-0.25, -0.2) is 0 Å². The third kappa shape index (κ3) is 11.9. The van der Waals surface area contributed by atoms with Crippen LogP contribution in [0.25, 0.3) is 0 Å². The summed E-state index contributed by atoms with van der Waals surface area (Å²) in [5.41, 5.74) is 7.41. The maximum atomic E-state index is 6.24. The van der Waals surface area contributed by atoms with Crippen molar-refractivity contribution in [1.29, 1.82) is 0 Å². The van der Waals surface area contributed by atoms with E-state index in [0.29, 0.717) is 86.9 Å². The standard InChI is InChI=1S/C34H34N2O6.C17H17NO3/c1-37-27-15-17-29-31(23-27)39-19-9-21-42-36-34(26-13-7-4-8-14-26)30-18-16-28(38-2)24-32(30)40-20-10-22-41-35-33(29)25-11-5-3-6-12-25;1-19-14-8-9-15-16(12-14)20-10-5-11-21-18-17(15)13-6-3-2-4-7-13/h3-8,11-18,23-24H,9-10,19-22H2,1-2H3;2-4,6-9,12H,5,10-11H2,1H3/b35-33+,36-34+;18-17-. The van der Waals surface area contributed by atoms with Crippen molar-refractivity contribution in [1.82, 2.24) is 0 Å². The second-order valence-corrected chi connectivity index (χ2v) is 14.1. The minimum absolute atomic E-state index is 0.352. The van der Waals surface area contributed by atoms with E-state index in [1.54, 1.807) is 21.3 Å². The molecule has 0 fully saturated rings. The molecule has 0 radical (unpaired) electrons. The number of hydrogen-bond donors (Lipinski definition) is 0. The molecule has 0 spiro atoms. The molecular formula is C51H51N3O9. The number of hydrogen-bond acceptors (Lipinski definition) is 12. The van der Waals surface area contributed by atoms with Crippen molar-refractivity contribution in [2.75, 3.05) is 61.0 Å². The van der Waals surface area contributed by atoms with E-state index in [1.165, 1.54) is 0 Å². The average Bonchev–Trinajstić information content (AvgIpc) is 3.45. The summed E-state index contributed by atoms with van der Waals surface area (Å²) in [6.45, 7) is 2.64. The Labute approximate surface area is 368 Å². The summed E-state index contributed by atoms with van der Waals surface area (Å²) in [5.74, 6) is 4.18. The average molecular weight is 850 g/mol. The minimum Gasteiger partial charge on any atom is -0.497 e. The second-order valence-electron chi connectivity index (χ2n) is 14.1. The van der Waals surface area contributed by atoms with Gasteiger partial charge >= 0.3 is 0 Å². The van der Waals surface area contributed by atoms with Crippen LogP contribution in [-0.2, 0) is 14.5 Å². The molecule has 2 aliphatic heterocycles. The van der Waals surface area contributed by atoms with Crippen LogP contribution in [0.15, 0.2) is 161 Å². The Morgan fingerprint density at radius 2 is 0.635 bits per heavy atom. The highest BCUT2D eigenvalue weighted by Gasteiger charge is 2.19. The highest BCUT2D eigenvalue weighted by atomic mass is 16.6. The molecule has 0 N–H and O–H groups in total. The number of methoxy groups -OCH3 is 3. The SMILES string of the molecule is COc1ccc2c(c1)OCCCO/N=C(\c1ccccc1)c1ccc(OC)cc1OCCCO/N=C/2c1ccccc1.COc1ccc2c(c1)OCCCO/N=C\2c1ccccc1. The van der Waals surface area contributed by atoms with Crippen molar-refractivity contribution < 1.29 is 42.9 Å². The summed E-state index contributed by atoms with van der Waals surface area (Å²) < 4.78 is 34.6. The first-order valence-electron chi connectivity index (χ1n) is 20.8. The van der Waals surface area contributed by atoms with E-state index in [-0.39, 0.29) is 0 Å². The molecule has 12 nitrogen and oxygen atoms in total. The molecule has 0 bridgehead atoms. The lowest BCUT2D eigenvalue weighted by Crippen LogP contribution is -2.12. The second kappa shape index (κ2) is 22.9. The van der Waals surface area contributed by atoms with Crippen molar-refractivity contribution in [2.45, 2.75) is 19.3 Å². The molecule has 0 aromatic heterocycles. The predicted octanol–water partition coefficient (Wildman–Crippen LogP) is 9.74. The first-order chi connectivity index (χ1) is 31.1. The van der Waals surface area contributed by atoms with Gasteiger partial charge in [0.15, 0.2) is 0 Å². The van der Waals surface area contributed by atoms with E-state index < -0.39 is 0 Å². The number of rotatable bonds is 6. The number of fused-ring (bicyclic) bond motifs is 3. The predicted molar refractivity (Wildman–Crippen MR) is 243 cm³/mol. The van der Waals surface area contributed by atoms with Gasteiger partial charge in [0.05, 0.1) is 41.2 Å². The summed E-state index contributed by atoms with van der Waals surface area (Å²) >= 11 is 0. The van der Waals surface area contributed by atoms with Crippen molar-refractivity contribution in [3.05, 3.63) is 179 Å². The van der Waals surface area contributed by atoms with Crippen LogP contribution < -0.4 is 28.4 Å². The van der Waals surface area contributed by atoms with E-state index >= 15 is 0 Å². The lowest BCUT2D eigenvalue weighted by Gasteiger charge is -2.16. The number of oxime groups is 3. The monoisotopic (exact) mass is 849 g/mol. The van der Waals surface area contributed by atoms with Crippen molar-refractivity contribution >= 4 is 17.1 Å². The van der Waals surface area contributed by atoms with Crippen LogP contribution in [0.1, 0.15) is 52.6 Å². The van der Waals surface area contributed by atoms with Crippen LogP contribution in [0.3, 0.4) is 0 Å². The molecule has 0 aliphatic carbocycles. The van der Waals surface area contributed by atoms with Crippen LogP contribution in [0, 0.1) is 0 Å². The molecule has 6 aromatic carbocycles. The Kier molecular flexibility index (Phi) is 15.9. The van der Waals surface area contributed by atoms with E-state index in [1.807, 2.05) is 146 Å². The van der Waals surface area contributed by atoms with Crippen LogP contribution in [0.4, 0.5) is 0 Å². The smallest absolute Gasteiger partial charge is 0.132 e. The number of nitrogens with zero attached hydrogens (tertiary/aromatic N) is 3. The van der Waals surface area contributed by atoms with E-state index in [0.717, 1.165) is 57.0 Å². The van der Waals surface area contributed by atoms with Gasteiger partial charge in [-0.15, -0.1) is 0 Å². The topological polar surface area (TPSA) is 120 Å².